The van der Waals surface area contributed by atoms with E-state index in [2.05, 4.69) is 15.0 Å². The summed E-state index contributed by atoms with van der Waals surface area (Å²) in [6, 6.07) is 4.30. The normalized spacial score (nSPS) is 19.5. The molecule has 7 nitrogen and oxygen atoms in total. The molecule has 0 unspecified atom stereocenters. The number of alkyl halides is 2. The number of hydrogen-bond donors (Lipinski definition) is 1. The van der Waals surface area contributed by atoms with Gasteiger partial charge < -0.3 is 14.8 Å². The molecule has 1 aromatic heterocycles. The third-order valence-corrected chi connectivity index (χ3v) is 6.23. The van der Waals surface area contributed by atoms with E-state index in [0.29, 0.717) is 16.5 Å². The van der Waals surface area contributed by atoms with E-state index in [1.807, 2.05) is 0 Å². The fourth-order valence-electron chi connectivity index (χ4n) is 3.45. The quantitative estimate of drug-likeness (QED) is 0.619. The fraction of sp³-hybridized carbons (Fsp3) is 0.500. The lowest BCUT2D eigenvalue weighted by Crippen LogP contribution is -2.39. The van der Waals surface area contributed by atoms with Gasteiger partial charge >= 0.3 is 6.61 Å². The van der Waals surface area contributed by atoms with Gasteiger partial charge in [0.1, 0.15) is 15.6 Å². The Balaban J connectivity index is 0.00000363. The van der Waals surface area contributed by atoms with E-state index in [0.717, 1.165) is 25.7 Å². The molecule has 1 aromatic carbocycles. The van der Waals surface area contributed by atoms with Crippen LogP contribution in [0.5, 0.6) is 5.75 Å². The maximum Gasteiger partial charge on any atom is 0.387 e. The van der Waals surface area contributed by atoms with Gasteiger partial charge in [0.05, 0.1) is 34.6 Å². The molecular weight excluding hydrogens is 454 g/mol. The summed E-state index contributed by atoms with van der Waals surface area (Å²) in [4.78, 5) is 16.8. The van der Waals surface area contributed by atoms with E-state index in [4.69, 9.17) is 16.3 Å². The predicted octanol–water partition coefficient (Wildman–Crippen LogP) is 3.84. The van der Waals surface area contributed by atoms with Crippen molar-refractivity contribution in [3.05, 3.63) is 35.0 Å². The van der Waals surface area contributed by atoms with Crippen LogP contribution in [-0.4, -0.2) is 56.7 Å². The number of carbonyl (C=O) groups is 1. The summed E-state index contributed by atoms with van der Waals surface area (Å²) in [5.41, 5.74) is 0.709. The van der Waals surface area contributed by atoms with Gasteiger partial charge in [-0.05, 0) is 37.8 Å². The number of pyridine rings is 1. The number of amides is 1. The average Bonchev–Trinajstić information content (AvgIpc) is 2.68. The first-order chi connectivity index (χ1) is 14.6. The van der Waals surface area contributed by atoms with Crippen molar-refractivity contribution in [1.29, 1.82) is 0 Å². The second kappa shape index (κ2) is 10.1. The van der Waals surface area contributed by atoms with Crippen molar-refractivity contribution in [2.75, 3.05) is 18.6 Å². The van der Waals surface area contributed by atoms with Gasteiger partial charge in [0.15, 0.2) is 0 Å². The lowest BCUT2D eigenvalue weighted by Gasteiger charge is -2.29. The zero-order valence-electron chi connectivity index (χ0n) is 16.8. The van der Waals surface area contributed by atoms with Crippen molar-refractivity contribution in [1.82, 2.24) is 10.3 Å². The van der Waals surface area contributed by atoms with Crippen LogP contribution < -0.4 is 10.1 Å². The summed E-state index contributed by atoms with van der Waals surface area (Å²) >= 11 is 5.98. The van der Waals surface area contributed by atoms with Crippen LogP contribution in [0.3, 0.4) is 0 Å². The molecule has 1 amide bonds. The second-order valence-electron chi connectivity index (χ2n) is 7.53. The van der Waals surface area contributed by atoms with Crippen LogP contribution in [0.15, 0.2) is 24.4 Å². The Kier molecular flexibility index (Phi) is 7.66. The summed E-state index contributed by atoms with van der Waals surface area (Å²) in [5, 5.41) is 3.50. The molecule has 0 atom stereocenters. The minimum Gasteiger partial charge on any atom is -0.433 e. The molecule has 0 aliphatic heterocycles. The largest absolute Gasteiger partial charge is 0.433 e. The minimum atomic E-state index is -3.05. The summed E-state index contributed by atoms with van der Waals surface area (Å²) in [7, 11) is -3.05. The molecule has 1 fully saturated rings. The van der Waals surface area contributed by atoms with Gasteiger partial charge in [-0.1, -0.05) is 11.6 Å². The smallest absolute Gasteiger partial charge is 0.387 e. The van der Waals surface area contributed by atoms with E-state index in [1.165, 1.54) is 24.6 Å². The molecule has 11 heteroatoms. The van der Waals surface area contributed by atoms with Crippen molar-refractivity contribution in [3.63, 3.8) is 0 Å². The van der Waals surface area contributed by atoms with Gasteiger partial charge in [-0.2, -0.15) is 8.78 Å². The number of benzene rings is 1. The highest BCUT2D eigenvalue weighted by Crippen LogP contribution is 2.31. The summed E-state index contributed by atoms with van der Waals surface area (Å²) in [6.45, 7) is -2.82. The van der Waals surface area contributed by atoms with E-state index in [-0.39, 0.29) is 42.6 Å². The van der Waals surface area contributed by atoms with Gasteiger partial charge in [0.25, 0.3) is 5.91 Å². The molecule has 1 saturated carbocycles. The van der Waals surface area contributed by atoms with E-state index in [9.17, 15) is 22.0 Å². The fourth-order valence-corrected chi connectivity index (χ4v) is 4.06. The lowest BCUT2D eigenvalue weighted by molar-refractivity contribution is -0.0497. The number of rotatable bonds is 8. The number of sulfone groups is 1. The third kappa shape index (κ3) is 6.98. The molecule has 3 rings (SSSR count). The first-order valence-electron chi connectivity index (χ1n) is 9.75. The predicted molar refractivity (Wildman–Crippen MR) is 115 cm³/mol. The highest BCUT2D eigenvalue weighted by molar-refractivity contribution is 7.90. The van der Waals surface area contributed by atoms with Crippen molar-refractivity contribution < 1.29 is 32.9 Å². The van der Waals surface area contributed by atoms with E-state index >= 15 is 0 Å². The molecule has 1 heterocycles. The second-order valence-corrected chi connectivity index (χ2v) is 10.2. The van der Waals surface area contributed by atoms with Crippen LogP contribution >= 0.6 is 11.6 Å². The van der Waals surface area contributed by atoms with Crippen molar-refractivity contribution in [2.24, 2.45) is 0 Å². The monoisotopic (exact) mass is 478 g/mol. The first-order valence-corrected chi connectivity index (χ1v) is 12.2. The number of carbonyl (C=O) groups excluding carboxylic acids is 1. The van der Waals surface area contributed by atoms with Crippen molar-refractivity contribution in [2.45, 2.75) is 44.4 Å². The molecular formula is C20H25ClF2N2O5S. The number of nitrogens with one attached hydrogen (secondary N) is 1. The Labute approximate surface area is 185 Å². The molecule has 0 radical (unpaired) electrons. The standard InChI is InChI=1S/C20H23ClF2N2O5S.H2/c1-31(27,28)7-6-29-15-4-2-14(3-5-15)25-19(26)13-8-12-9-16(21)18(30-20(22)23)10-17(12)24-11-13;/h8-11,14-15,20H,2-7H2,1H3,(H,25,26);1H. The van der Waals surface area contributed by atoms with Gasteiger partial charge in [0, 0.05) is 31.4 Å². The van der Waals surface area contributed by atoms with Crippen molar-refractivity contribution >= 4 is 38.2 Å². The van der Waals surface area contributed by atoms with Crippen LogP contribution in [0.25, 0.3) is 10.9 Å². The lowest BCUT2D eigenvalue weighted by atomic mass is 9.92. The maximum atomic E-state index is 12.6. The Hall–Kier alpha value is -2.04. The van der Waals surface area contributed by atoms with Crippen LogP contribution in [0.1, 0.15) is 37.5 Å². The van der Waals surface area contributed by atoms with Gasteiger partial charge in [0.2, 0.25) is 0 Å². The Bertz CT molecular complexity index is 1050. The van der Waals surface area contributed by atoms with E-state index in [1.54, 1.807) is 6.07 Å². The zero-order chi connectivity index (χ0) is 22.6. The van der Waals surface area contributed by atoms with Gasteiger partial charge in [-0.3, -0.25) is 9.78 Å². The molecule has 0 bridgehead atoms. The molecule has 0 spiro atoms. The highest BCUT2D eigenvalue weighted by Gasteiger charge is 2.24. The van der Waals surface area contributed by atoms with E-state index < -0.39 is 16.4 Å². The number of halogens is 3. The first kappa shape index (κ1) is 23.6. The SMILES string of the molecule is CS(=O)(=O)CCOC1CCC(NC(=O)c2cnc3cc(OC(F)F)c(Cl)cc3c2)CC1.[HH]. The zero-order valence-corrected chi connectivity index (χ0v) is 18.4. The van der Waals surface area contributed by atoms with Crippen LogP contribution in [-0.2, 0) is 14.6 Å². The topological polar surface area (TPSA) is 94.6 Å². The average molecular weight is 479 g/mol. The molecule has 31 heavy (non-hydrogen) atoms. The molecule has 1 aliphatic rings. The number of ether oxygens (including phenoxy) is 2. The molecule has 1 aliphatic carbocycles. The third-order valence-electron chi connectivity index (χ3n) is 5.03. The van der Waals surface area contributed by atoms with Crippen molar-refractivity contribution in [3.8, 4) is 5.75 Å². The summed E-state index contributed by atoms with van der Waals surface area (Å²) in [6.07, 6.45) is 5.43. The molecule has 2 aromatic rings. The van der Waals surface area contributed by atoms with Gasteiger partial charge in [-0.25, -0.2) is 8.42 Å². The minimum absolute atomic E-state index is 0. The maximum absolute atomic E-state index is 12.6. The van der Waals surface area contributed by atoms with Crippen LogP contribution in [0, 0.1) is 0 Å². The molecule has 172 valence electrons. The number of aromatic nitrogens is 1. The summed E-state index contributed by atoms with van der Waals surface area (Å²) < 4.78 is 57.2. The van der Waals surface area contributed by atoms with Crippen LogP contribution in [0.4, 0.5) is 8.78 Å². The highest BCUT2D eigenvalue weighted by atomic mass is 35.5. The van der Waals surface area contributed by atoms with Crippen LogP contribution in [0.2, 0.25) is 5.02 Å². The Morgan fingerprint density at radius 3 is 2.65 bits per heavy atom. The Morgan fingerprint density at radius 2 is 2.00 bits per heavy atom. The molecule has 1 N–H and O–H groups in total. The number of hydrogen-bond acceptors (Lipinski definition) is 6. The Morgan fingerprint density at radius 1 is 1.29 bits per heavy atom. The number of nitrogens with zero attached hydrogens (tertiary/aromatic N) is 1. The van der Waals surface area contributed by atoms with Gasteiger partial charge in [-0.15, -0.1) is 0 Å². The molecule has 0 saturated heterocycles. The number of fused-ring (bicyclic) bond motifs is 1. The summed E-state index contributed by atoms with van der Waals surface area (Å²) in [5.74, 6) is -0.470.